The van der Waals surface area contributed by atoms with Crippen molar-refractivity contribution in [1.29, 1.82) is 0 Å². The van der Waals surface area contributed by atoms with Crippen molar-refractivity contribution in [3.63, 3.8) is 0 Å². The third-order valence-electron chi connectivity index (χ3n) is 2.38. The highest BCUT2D eigenvalue weighted by Gasteiger charge is 2.51. The quantitative estimate of drug-likeness (QED) is 0.845. The van der Waals surface area contributed by atoms with Crippen LogP contribution in [0.25, 0.3) is 0 Å². The second kappa shape index (κ2) is 4.69. The molecule has 0 aliphatic heterocycles. The Morgan fingerprint density at radius 1 is 1.41 bits per heavy atom. The summed E-state index contributed by atoms with van der Waals surface area (Å²) in [7, 11) is 0. The molecule has 0 aromatic rings. The zero-order chi connectivity index (χ0) is 13.3. The molecule has 0 spiro atoms. The molecule has 96 valence electrons. The molecule has 0 saturated heterocycles. The fourth-order valence-electron chi connectivity index (χ4n) is 1.44. The van der Waals surface area contributed by atoms with Crippen LogP contribution in [0.5, 0.6) is 0 Å². The third kappa shape index (κ3) is 4.38. The van der Waals surface area contributed by atoms with Crippen LogP contribution in [0.2, 0.25) is 0 Å². The Morgan fingerprint density at radius 2 is 1.94 bits per heavy atom. The number of alkyl carbamates (subject to hydrolysis) is 1. The number of halogens is 1. The maximum atomic E-state index is 11.8. The zero-order valence-corrected chi connectivity index (χ0v) is 11.2. The first-order chi connectivity index (χ1) is 7.65. The summed E-state index contributed by atoms with van der Waals surface area (Å²) in [5.74, 6) is -0.108. The van der Waals surface area contributed by atoms with E-state index in [1.807, 2.05) is 0 Å². The SMILES string of the molecule is C=C(Cl)CC(=O)C1(NC(=O)OC(C)(C)C)CC1. The highest BCUT2D eigenvalue weighted by molar-refractivity contribution is 6.30. The zero-order valence-electron chi connectivity index (χ0n) is 10.4. The van der Waals surface area contributed by atoms with Crippen molar-refractivity contribution in [1.82, 2.24) is 5.32 Å². The van der Waals surface area contributed by atoms with Gasteiger partial charge >= 0.3 is 6.09 Å². The number of rotatable bonds is 4. The summed E-state index contributed by atoms with van der Waals surface area (Å²) in [6.07, 6.45) is 0.783. The number of hydrogen-bond acceptors (Lipinski definition) is 3. The molecule has 1 amide bonds. The number of hydrogen-bond donors (Lipinski definition) is 1. The van der Waals surface area contributed by atoms with Gasteiger partial charge in [-0.1, -0.05) is 18.2 Å². The minimum Gasteiger partial charge on any atom is -0.444 e. The number of ether oxygens (including phenoxy) is 1. The highest BCUT2D eigenvalue weighted by atomic mass is 35.5. The lowest BCUT2D eigenvalue weighted by molar-refractivity contribution is -0.121. The lowest BCUT2D eigenvalue weighted by Gasteiger charge is -2.22. The van der Waals surface area contributed by atoms with Crippen LogP contribution in [-0.2, 0) is 9.53 Å². The van der Waals surface area contributed by atoms with Crippen molar-refractivity contribution in [3.8, 4) is 0 Å². The lowest BCUT2D eigenvalue weighted by Crippen LogP contribution is -2.45. The van der Waals surface area contributed by atoms with Crippen LogP contribution in [-0.4, -0.2) is 23.0 Å². The maximum Gasteiger partial charge on any atom is 0.408 e. The second-order valence-electron chi connectivity index (χ2n) is 5.33. The number of ketones is 1. The molecule has 0 aromatic heterocycles. The third-order valence-corrected chi connectivity index (χ3v) is 2.51. The monoisotopic (exact) mass is 259 g/mol. The number of nitrogens with one attached hydrogen (secondary N) is 1. The number of carbonyl (C=O) groups excluding carboxylic acids is 2. The Kier molecular flexibility index (Phi) is 3.87. The Morgan fingerprint density at radius 3 is 2.29 bits per heavy atom. The van der Waals surface area contributed by atoms with Crippen LogP contribution < -0.4 is 5.32 Å². The summed E-state index contributed by atoms with van der Waals surface area (Å²) < 4.78 is 5.11. The molecule has 1 N–H and O–H groups in total. The molecule has 4 nitrogen and oxygen atoms in total. The first-order valence-corrected chi connectivity index (χ1v) is 5.90. The summed E-state index contributed by atoms with van der Waals surface area (Å²) >= 11 is 5.59. The van der Waals surface area contributed by atoms with Crippen LogP contribution in [0.15, 0.2) is 11.6 Å². The van der Waals surface area contributed by atoms with E-state index in [2.05, 4.69) is 11.9 Å². The van der Waals surface area contributed by atoms with E-state index >= 15 is 0 Å². The lowest BCUT2D eigenvalue weighted by atomic mass is 10.1. The first kappa shape index (κ1) is 14.0. The van der Waals surface area contributed by atoms with Crippen molar-refractivity contribution in [2.75, 3.05) is 0 Å². The molecular formula is C12H18ClNO3. The van der Waals surface area contributed by atoms with Crippen LogP contribution in [0.3, 0.4) is 0 Å². The maximum absolute atomic E-state index is 11.8. The van der Waals surface area contributed by atoms with E-state index in [4.69, 9.17) is 16.3 Å². The first-order valence-electron chi connectivity index (χ1n) is 5.52. The normalized spacial score (nSPS) is 17.2. The van der Waals surface area contributed by atoms with Crippen molar-refractivity contribution in [2.24, 2.45) is 0 Å². The molecular weight excluding hydrogens is 242 g/mol. The average molecular weight is 260 g/mol. The Bertz CT molecular complexity index is 353. The molecule has 0 heterocycles. The van der Waals surface area contributed by atoms with E-state index in [-0.39, 0.29) is 17.2 Å². The fourth-order valence-corrected chi connectivity index (χ4v) is 1.56. The Hall–Kier alpha value is -1.03. The molecule has 1 aliphatic rings. The number of Topliss-reactive ketones (excluding diaryl/α,β-unsaturated/α-hetero) is 1. The van der Waals surface area contributed by atoms with E-state index in [0.29, 0.717) is 12.8 Å². The molecule has 0 unspecified atom stereocenters. The van der Waals surface area contributed by atoms with Gasteiger partial charge in [-0.15, -0.1) is 0 Å². The number of allylic oxidation sites excluding steroid dienone is 1. The van der Waals surface area contributed by atoms with Crippen LogP contribution in [0.4, 0.5) is 4.79 Å². The van der Waals surface area contributed by atoms with Gasteiger partial charge in [0.05, 0.1) is 0 Å². The van der Waals surface area contributed by atoms with Crippen LogP contribution >= 0.6 is 11.6 Å². The molecule has 0 aromatic carbocycles. The second-order valence-corrected chi connectivity index (χ2v) is 5.86. The van der Waals surface area contributed by atoms with Crippen LogP contribution in [0, 0.1) is 0 Å². The number of carbonyl (C=O) groups is 2. The summed E-state index contributed by atoms with van der Waals surface area (Å²) in [6, 6.07) is 0. The van der Waals surface area contributed by atoms with Gasteiger partial charge in [0.15, 0.2) is 5.78 Å². The van der Waals surface area contributed by atoms with Gasteiger partial charge in [-0.05, 0) is 33.6 Å². The predicted molar refractivity (Wildman–Crippen MR) is 66.0 cm³/mol. The Labute approximate surface area is 106 Å². The minimum absolute atomic E-state index is 0.0807. The van der Waals surface area contributed by atoms with Gasteiger partial charge in [0.2, 0.25) is 0 Å². The van der Waals surface area contributed by atoms with Crippen molar-refractivity contribution < 1.29 is 14.3 Å². The molecule has 0 atom stereocenters. The molecule has 5 heteroatoms. The minimum atomic E-state index is -0.778. The van der Waals surface area contributed by atoms with Gasteiger partial charge < -0.3 is 10.1 Å². The summed E-state index contributed by atoms with van der Waals surface area (Å²) in [6.45, 7) is 8.79. The molecule has 1 fully saturated rings. The average Bonchev–Trinajstić information content (AvgIpc) is 2.80. The summed E-state index contributed by atoms with van der Waals surface area (Å²) in [5.41, 5.74) is -1.35. The van der Waals surface area contributed by atoms with Gasteiger partial charge in [0.25, 0.3) is 0 Å². The number of amides is 1. The van der Waals surface area contributed by atoms with Crippen LogP contribution in [0.1, 0.15) is 40.0 Å². The molecule has 1 saturated carbocycles. The molecule has 0 bridgehead atoms. The van der Waals surface area contributed by atoms with E-state index in [1.165, 1.54) is 0 Å². The Balaban J connectivity index is 2.53. The van der Waals surface area contributed by atoms with Gasteiger partial charge in [0, 0.05) is 11.5 Å². The highest BCUT2D eigenvalue weighted by Crippen LogP contribution is 2.38. The summed E-state index contributed by atoms with van der Waals surface area (Å²) in [4.78, 5) is 23.4. The molecule has 1 rings (SSSR count). The van der Waals surface area contributed by atoms with Gasteiger partial charge in [-0.25, -0.2) is 4.79 Å². The summed E-state index contributed by atoms with van der Waals surface area (Å²) in [5, 5.41) is 2.90. The smallest absolute Gasteiger partial charge is 0.408 e. The standard InChI is InChI=1S/C12H18ClNO3/c1-8(13)7-9(15)12(5-6-12)14-10(16)17-11(2,3)4/h1,5-7H2,2-4H3,(H,14,16). The van der Waals surface area contributed by atoms with Crippen molar-refractivity contribution in [3.05, 3.63) is 11.6 Å². The topological polar surface area (TPSA) is 55.4 Å². The van der Waals surface area contributed by atoms with Crippen molar-refractivity contribution >= 4 is 23.5 Å². The van der Waals surface area contributed by atoms with E-state index in [9.17, 15) is 9.59 Å². The van der Waals surface area contributed by atoms with Gasteiger partial charge in [-0.3, -0.25) is 4.79 Å². The predicted octanol–water partition coefficient (Wildman–Crippen LogP) is 2.76. The largest absolute Gasteiger partial charge is 0.444 e. The van der Waals surface area contributed by atoms with Gasteiger partial charge in [-0.2, -0.15) is 0 Å². The van der Waals surface area contributed by atoms with Crippen molar-refractivity contribution in [2.45, 2.75) is 51.2 Å². The molecule has 17 heavy (non-hydrogen) atoms. The van der Waals surface area contributed by atoms with E-state index < -0.39 is 17.2 Å². The van der Waals surface area contributed by atoms with E-state index in [0.717, 1.165) is 0 Å². The van der Waals surface area contributed by atoms with E-state index in [1.54, 1.807) is 20.8 Å². The van der Waals surface area contributed by atoms with Gasteiger partial charge in [0.1, 0.15) is 11.1 Å². The fraction of sp³-hybridized carbons (Fsp3) is 0.667. The molecule has 1 aliphatic carbocycles. The molecule has 0 radical (unpaired) electrons.